The molecule has 3 unspecified atom stereocenters. The van der Waals surface area contributed by atoms with E-state index >= 15 is 0 Å². The highest BCUT2D eigenvalue weighted by Crippen LogP contribution is 2.32. The zero-order chi connectivity index (χ0) is 15.0. The molecule has 1 aliphatic rings. The summed E-state index contributed by atoms with van der Waals surface area (Å²) in [5.41, 5.74) is 1.12. The summed E-state index contributed by atoms with van der Waals surface area (Å²) in [4.78, 5) is 14.7. The number of nitro groups is 1. The molecule has 0 aliphatic heterocycles. The lowest BCUT2D eigenvalue weighted by Crippen LogP contribution is -2.35. The van der Waals surface area contributed by atoms with E-state index in [-0.39, 0.29) is 5.69 Å². The van der Waals surface area contributed by atoms with Crippen molar-refractivity contribution in [1.29, 1.82) is 0 Å². The highest BCUT2D eigenvalue weighted by molar-refractivity contribution is 5.77. The van der Waals surface area contributed by atoms with Crippen LogP contribution in [0.5, 0.6) is 0 Å². The third-order valence-corrected chi connectivity index (χ3v) is 4.60. The molecular weight excluding hydrogens is 270 g/mol. The number of non-ortho nitro benzene ring substituents is 1. The van der Waals surface area contributed by atoms with Crippen molar-refractivity contribution in [2.24, 2.45) is 11.8 Å². The first-order valence-corrected chi connectivity index (χ1v) is 7.36. The molecule has 1 saturated carbocycles. The molecule has 3 rings (SSSR count). The van der Waals surface area contributed by atoms with Gasteiger partial charge in [-0.05, 0) is 24.3 Å². The minimum Gasteiger partial charge on any atom is -0.424 e. The van der Waals surface area contributed by atoms with E-state index in [1.54, 1.807) is 6.07 Å². The van der Waals surface area contributed by atoms with Crippen LogP contribution in [0.4, 0.5) is 11.7 Å². The fourth-order valence-electron chi connectivity index (χ4n) is 3.04. The summed E-state index contributed by atoms with van der Waals surface area (Å²) in [5.74, 6) is 1.24. The summed E-state index contributed by atoms with van der Waals surface area (Å²) in [6, 6.07) is 5.27. The standard InChI is InChI=1S/C15H19N3O3/c1-9-4-3-5-12(10(9)2)16-15-17-13-8-11(18(19)20)6-7-14(13)21-15/h6-10,12H,3-5H2,1-2H3,(H,16,17). The Hall–Kier alpha value is -2.11. The van der Waals surface area contributed by atoms with E-state index in [2.05, 4.69) is 24.1 Å². The Morgan fingerprint density at radius 2 is 2.19 bits per heavy atom. The zero-order valence-electron chi connectivity index (χ0n) is 12.2. The van der Waals surface area contributed by atoms with E-state index in [0.29, 0.717) is 35.0 Å². The Kier molecular flexibility index (Phi) is 3.53. The number of hydrogen-bond donors (Lipinski definition) is 1. The van der Waals surface area contributed by atoms with Crippen LogP contribution in [0.15, 0.2) is 22.6 Å². The first-order chi connectivity index (χ1) is 10.0. The van der Waals surface area contributed by atoms with E-state index in [1.807, 2.05) is 0 Å². The molecule has 0 amide bonds. The van der Waals surface area contributed by atoms with Gasteiger partial charge in [-0.25, -0.2) is 0 Å². The largest absolute Gasteiger partial charge is 0.424 e. The molecule has 0 spiro atoms. The third-order valence-electron chi connectivity index (χ3n) is 4.60. The van der Waals surface area contributed by atoms with Crippen molar-refractivity contribution in [2.45, 2.75) is 39.2 Å². The number of anilines is 1. The summed E-state index contributed by atoms with van der Waals surface area (Å²) in [7, 11) is 0. The van der Waals surface area contributed by atoms with Crippen molar-refractivity contribution >= 4 is 22.8 Å². The maximum absolute atomic E-state index is 10.8. The van der Waals surface area contributed by atoms with Gasteiger partial charge >= 0.3 is 0 Å². The molecule has 3 atom stereocenters. The lowest BCUT2D eigenvalue weighted by molar-refractivity contribution is -0.384. The molecule has 6 heteroatoms. The Morgan fingerprint density at radius 1 is 1.38 bits per heavy atom. The molecule has 1 N–H and O–H groups in total. The van der Waals surface area contributed by atoms with Crippen LogP contribution in [0, 0.1) is 22.0 Å². The SMILES string of the molecule is CC1CCCC(Nc2nc3cc([N+](=O)[O-])ccc3o2)C1C. The van der Waals surface area contributed by atoms with Crippen molar-refractivity contribution < 1.29 is 9.34 Å². The maximum Gasteiger partial charge on any atom is 0.295 e. The van der Waals surface area contributed by atoms with Gasteiger partial charge in [0.05, 0.1) is 4.92 Å². The zero-order valence-corrected chi connectivity index (χ0v) is 12.2. The van der Waals surface area contributed by atoms with E-state index < -0.39 is 4.92 Å². The smallest absolute Gasteiger partial charge is 0.295 e. The monoisotopic (exact) mass is 289 g/mol. The van der Waals surface area contributed by atoms with Crippen molar-refractivity contribution in [3.63, 3.8) is 0 Å². The second kappa shape index (κ2) is 5.35. The highest BCUT2D eigenvalue weighted by Gasteiger charge is 2.28. The minimum atomic E-state index is -0.424. The molecule has 6 nitrogen and oxygen atoms in total. The van der Waals surface area contributed by atoms with Crippen LogP contribution < -0.4 is 5.32 Å². The molecule has 1 aromatic carbocycles. The van der Waals surface area contributed by atoms with Crippen LogP contribution in [0.3, 0.4) is 0 Å². The highest BCUT2D eigenvalue weighted by atomic mass is 16.6. The van der Waals surface area contributed by atoms with E-state index in [0.717, 1.165) is 6.42 Å². The van der Waals surface area contributed by atoms with Crippen molar-refractivity contribution in [3.8, 4) is 0 Å². The Labute approximate surface area is 122 Å². The molecule has 1 fully saturated rings. The van der Waals surface area contributed by atoms with E-state index in [4.69, 9.17) is 4.42 Å². The van der Waals surface area contributed by atoms with E-state index in [1.165, 1.54) is 25.0 Å². The predicted molar refractivity (Wildman–Crippen MR) is 80.3 cm³/mol. The number of fused-ring (bicyclic) bond motifs is 1. The van der Waals surface area contributed by atoms with Crippen LogP contribution in [-0.4, -0.2) is 15.9 Å². The topological polar surface area (TPSA) is 81.2 Å². The van der Waals surface area contributed by atoms with Gasteiger partial charge in [0.1, 0.15) is 5.52 Å². The first kappa shape index (κ1) is 13.9. The summed E-state index contributed by atoms with van der Waals surface area (Å²) < 4.78 is 5.64. The van der Waals surface area contributed by atoms with Gasteiger partial charge in [-0.15, -0.1) is 0 Å². The quantitative estimate of drug-likeness (QED) is 0.683. The molecule has 0 bridgehead atoms. The minimum absolute atomic E-state index is 0.0296. The van der Waals surface area contributed by atoms with Crippen molar-refractivity contribution in [3.05, 3.63) is 28.3 Å². The summed E-state index contributed by atoms with van der Waals surface area (Å²) in [6.07, 6.45) is 3.57. The maximum atomic E-state index is 10.8. The van der Waals surface area contributed by atoms with Crippen molar-refractivity contribution in [2.75, 3.05) is 5.32 Å². The van der Waals surface area contributed by atoms with Gasteiger partial charge in [-0.3, -0.25) is 10.1 Å². The number of hydrogen-bond acceptors (Lipinski definition) is 5. The molecule has 1 heterocycles. The van der Waals surface area contributed by atoms with Crippen LogP contribution in [0.2, 0.25) is 0 Å². The fraction of sp³-hybridized carbons (Fsp3) is 0.533. The molecule has 0 saturated heterocycles. The second-order valence-electron chi connectivity index (χ2n) is 5.95. The number of nitrogens with one attached hydrogen (secondary N) is 1. The van der Waals surface area contributed by atoms with Gasteiger partial charge in [0.25, 0.3) is 11.7 Å². The Balaban J connectivity index is 1.82. The molecule has 21 heavy (non-hydrogen) atoms. The molecular formula is C15H19N3O3. The number of aromatic nitrogens is 1. The lowest BCUT2D eigenvalue weighted by atomic mass is 9.78. The van der Waals surface area contributed by atoms with Crippen LogP contribution in [-0.2, 0) is 0 Å². The summed E-state index contributed by atoms with van der Waals surface area (Å²) in [6.45, 7) is 4.52. The number of nitro benzene ring substituents is 1. The van der Waals surface area contributed by atoms with Gasteiger partial charge < -0.3 is 9.73 Å². The predicted octanol–water partition coefficient (Wildman–Crippen LogP) is 3.97. The Morgan fingerprint density at radius 3 is 2.95 bits per heavy atom. The normalized spacial score (nSPS) is 25.9. The average Bonchev–Trinajstić information content (AvgIpc) is 2.85. The number of nitrogens with zero attached hydrogens (tertiary/aromatic N) is 2. The molecule has 0 radical (unpaired) electrons. The third kappa shape index (κ3) is 2.70. The van der Waals surface area contributed by atoms with Crippen LogP contribution in [0.25, 0.3) is 11.1 Å². The molecule has 1 aromatic heterocycles. The van der Waals surface area contributed by atoms with Gasteiger partial charge in [-0.2, -0.15) is 4.98 Å². The lowest BCUT2D eigenvalue weighted by Gasteiger charge is -2.34. The van der Waals surface area contributed by atoms with E-state index in [9.17, 15) is 10.1 Å². The summed E-state index contributed by atoms with van der Waals surface area (Å²) >= 11 is 0. The van der Waals surface area contributed by atoms with Gasteiger partial charge in [0.15, 0.2) is 5.58 Å². The number of rotatable bonds is 3. The van der Waals surface area contributed by atoms with Gasteiger partial charge in [0, 0.05) is 18.2 Å². The first-order valence-electron chi connectivity index (χ1n) is 7.36. The molecule has 2 aromatic rings. The van der Waals surface area contributed by atoms with Crippen LogP contribution in [0.1, 0.15) is 33.1 Å². The number of oxazole rings is 1. The Bertz CT molecular complexity index is 667. The second-order valence-corrected chi connectivity index (χ2v) is 5.95. The molecule has 1 aliphatic carbocycles. The van der Waals surface area contributed by atoms with Crippen LogP contribution >= 0.6 is 0 Å². The van der Waals surface area contributed by atoms with Gasteiger partial charge in [0.2, 0.25) is 0 Å². The van der Waals surface area contributed by atoms with Gasteiger partial charge in [-0.1, -0.05) is 26.7 Å². The average molecular weight is 289 g/mol. The van der Waals surface area contributed by atoms with Crippen molar-refractivity contribution in [1.82, 2.24) is 4.98 Å². The fourth-order valence-corrected chi connectivity index (χ4v) is 3.04. The molecule has 112 valence electrons. The number of benzene rings is 1. The summed E-state index contributed by atoms with van der Waals surface area (Å²) in [5, 5.41) is 14.1.